The smallest absolute Gasteiger partial charge is 0.305 e. The maximum atomic E-state index is 12.2. The summed E-state index contributed by atoms with van der Waals surface area (Å²) in [6.07, 6.45) is 2.94. The Balaban J connectivity index is 2.07. The number of halogens is 1. The van der Waals surface area contributed by atoms with Gasteiger partial charge < -0.3 is 14.7 Å². The summed E-state index contributed by atoms with van der Waals surface area (Å²) < 4.78 is 5.24. The summed E-state index contributed by atoms with van der Waals surface area (Å²) in [7, 11) is 0. The molecule has 1 amide bonds. The molecule has 1 N–H and O–H groups in total. The van der Waals surface area contributed by atoms with E-state index in [1.54, 1.807) is 18.2 Å². The van der Waals surface area contributed by atoms with E-state index in [0.717, 1.165) is 5.56 Å². The minimum Gasteiger partial charge on any atom is -0.481 e. The Labute approximate surface area is 127 Å². The first-order valence-electron chi connectivity index (χ1n) is 6.60. The molecule has 1 atom stereocenters. The lowest BCUT2D eigenvalue weighted by Crippen LogP contribution is -2.49. The van der Waals surface area contributed by atoms with Crippen molar-refractivity contribution in [3.63, 3.8) is 0 Å². The Hall–Kier alpha value is -1.85. The highest BCUT2D eigenvalue weighted by Crippen LogP contribution is 2.17. The molecule has 5 nitrogen and oxygen atoms in total. The van der Waals surface area contributed by atoms with E-state index < -0.39 is 12.0 Å². The first kappa shape index (κ1) is 15.5. The topological polar surface area (TPSA) is 66.8 Å². The molecule has 0 aliphatic carbocycles. The molecule has 0 bridgehead atoms. The van der Waals surface area contributed by atoms with Gasteiger partial charge in [0.05, 0.1) is 25.7 Å². The molecule has 0 radical (unpaired) electrons. The van der Waals surface area contributed by atoms with E-state index >= 15 is 0 Å². The number of carboxylic acid groups (broad SMARTS) is 1. The quantitative estimate of drug-likeness (QED) is 0.865. The Morgan fingerprint density at radius 1 is 1.43 bits per heavy atom. The third-order valence-electron chi connectivity index (χ3n) is 3.23. The van der Waals surface area contributed by atoms with Crippen LogP contribution in [0.2, 0.25) is 5.02 Å². The molecular weight excluding hydrogens is 294 g/mol. The number of hydrogen-bond acceptors (Lipinski definition) is 3. The zero-order valence-electron chi connectivity index (χ0n) is 11.4. The van der Waals surface area contributed by atoms with Crippen molar-refractivity contribution in [1.29, 1.82) is 0 Å². The number of rotatable bonds is 4. The van der Waals surface area contributed by atoms with Crippen molar-refractivity contribution in [2.45, 2.75) is 12.5 Å². The number of morpholine rings is 1. The highest BCUT2D eigenvalue weighted by atomic mass is 35.5. The molecule has 1 unspecified atom stereocenters. The van der Waals surface area contributed by atoms with Crippen molar-refractivity contribution in [3.05, 3.63) is 40.9 Å². The molecule has 0 aromatic heterocycles. The van der Waals surface area contributed by atoms with Crippen LogP contribution >= 0.6 is 11.6 Å². The van der Waals surface area contributed by atoms with Crippen molar-refractivity contribution in [1.82, 2.24) is 4.90 Å². The third kappa shape index (κ3) is 4.31. The number of hydrogen-bond donors (Lipinski definition) is 1. The van der Waals surface area contributed by atoms with Crippen LogP contribution in [0.15, 0.2) is 30.3 Å². The molecular formula is C15H16ClNO4. The average molecular weight is 310 g/mol. The molecule has 1 aromatic carbocycles. The van der Waals surface area contributed by atoms with E-state index in [1.807, 2.05) is 12.1 Å². The highest BCUT2D eigenvalue weighted by Gasteiger charge is 2.27. The Morgan fingerprint density at radius 2 is 2.19 bits per heavy atom. The first-order valence-corrected chi connectivity index (χ1v) is 6.98. The molecule has 1 saturated heterocycles. The number of carboxylic acids is 1. The zero-order valence-corrected chi connectivity index (χ0v) is 12.1. The van der Waals surface area contributed by atoms with E-state index in [9.17, 15) is 9.59 Å². The standard InChI is InChI=1S/C15H16ClNO4/c16-13-4-2-1-3-11(13)5-6-14(18)17-7-8-21-10-12(17)9-15(19)20/h1-6,12H,7-10H2,(H,19,20)/b6-5+. The van der Waals surface area contributed by atoms with Gasteiger partial charge in [0, 0.05) is 17.6 Å². The van der Waals surface area contributed by atoms with E-state index in [0.29, 0.717) is 18.2 Å². The number of ether oxygens (including phenoxy) is 1. The van der Waals surface area contributed by atoms with Gasteiger partial charge in [-0.3, -0.25) is 9.59 Å². The fourth-order valence-corrected chi connectivity index (χ4v) is 2.38. The molecule has 1 aromatic rings. The lowest BCUT2D eigenvalue weighted by atomic mass is 10.1. The van der Waals surface area contributed by atoms with Crippen molar-refractivity contribution in [2.75, 3.05) is 19.8 Å². The number of benzene rings is 1. The molecule has 1 aliphatic heterocycles. The second-order valence-corrected chi connectivity index (χ2v) is 5.12. The third-order valence-corrected chi connectivity index (χ3v) is 3.58. The monoisotopic (exact) mass is 309 g/mol. The van der Waals surface area contributed by atoms with Crippen LogP contribution in [0.3, 0.4) is 0 Å². The van der Waals surface area contributed by atoms with Gasteiger partial charge in [-0.05, 0) is 17.7 Å². The number of carbonyl (C=O) groups is 2. The number of amides is 1. The molecule has 2 rings (SSSR count). The minimum atomic E-state index is -0.946. The van der Waals surface area contributed by atoms with Crippen LogP contribution in [0.5, 0.6) is 0 Å². The van der Waals surface area contributed by atoms with Gasteiger partial charge in [-0.25, -0.2) is 0 Å². The highest BCUT2D eigenvalue weighted by molar-refractivity contribution is 6.32. The second kappa shape index (κ2) is 7.24. The fourth-order valence-electron chi connectivity index (χ4n) is 2.18. The molecule has 1 aliphatic rings. The van der Waals surface area contributed by atoms with Crippen LogP contribution < -0.4 is 0 Å². The largest absolute Gasteiger partial charge is 0.481 e. The minimum absolute atomic E-state index is 0.119. The summed E-state index contributed by atoms with van der Waals surface area (Å²) in [6.45, 7) is 1.06. The molecule has 0 saturated carbocycles. The molecule has 1 heterocycles. The van der Waals surface area contributed by atoms with Gasteiger partial charge >= 0.3 is 5.97 Å². The van der Waals surface area contributed by atoms with E-state index in [4.69, 9.17) is 21.4 Å². The van der Waals surface area contributed by atoms with Gasteiger partial charge in [-0.1, -0.05) is 29.8 Å². The number of nitrogens with zero attached hydrogens (tertiary/aromatic N) is 1. The van der Waals surface area contributed by atoms with Gasteiger partial charge in [0.25, 0.3) is 0 Å². The maximum absolute atomic E-state index is 12.2. The van der Waals surface area contributed by atoms with E-state index in [2.05, 4.69) is 0 Å². The first-order chi connectivity index (χ1) is 10.1. The van der Waals surface area contributed by atoms with Gasteiger partial charge in [-0.2, -0.15) is 0 Å². The molecule has 1 fully saturated rings. The van der Waals surface area contributed by atoms with Crippen LogP contribution in [0.4, 0.5) is 0 Å². The van der Waals surface area contributed by atoms with Crippen LogP contribution in [-0.4, -0.2) is 47.7 Å². The average Bonchev–Trinajstić information content (AvgIpc) is 2.46. The van der Waals surface area contributed by atoms with Gasteiger partial charge in [-0.15, -0.1) is 0 Å². The lowest BCUT2D eigenvalue weighted by molar-refractivity contribution is -0.143. The fraction of sp³-hybridized carbons (Fsp3) is 0.333. The summed E-state index contributed by atoms with van der Waals surface area (Å²) in [6, 6.07) is 6.76. The Kier molecular flexibility index (Phi) is 5.36. The summed E-state index contributed by atoms with van der Waals surface area (Å²) in [5.41, 5.74) is 0.746. The van der Waals surface area contributed by atoms with Crippen molar-refractivity contribution in [2.24, 2.45) is 0 Å². The van der Waals surface area contributed by atoms with E-state index in [-0.39, 0.29) is 18.9 Å². The van der Waals surface area contributed by atoms with Crippen LogP contribution in [0, 0.1) is 0 Å². The summed E-state index contributed by atoms with van der Waals surface area (Å²) in [5.74, 6) is -1.18. The molecule has 112 valence electrons. The van der Waals surface area contributed by atoms with E-state index in [1.165, 1.54) is 11.0 Å². The van der Waals surface area contributed by atoms with Gasteiger partial charge in [0.2, 0.25) is 5.91 Å². The lowest BCUT2D eigenvalue weighted by Gasteiger charge is -2.34. The normalized spacial score (nSPS) is 18.9. The van der Waals surface area contributed by atoms with Crippen molar-refractivity contribution >= 4 is 29.6 Å². The predicted octanol–water partition coefficient (Wildman–Crippen LogP) is 2.06. The molecule has 0 spiro atoms. The summed E-state index contributed by atoms with van der Waals surface area (Å²) in [5, 5.41) is 9.44. The van der Waals surface area contributed by atoms with Crippen LogP contribution in [0.25, 0.3) is 6.08 Å². The zero-order chi connectivity index (χ0) is 15.2. The number of aliphatic carboxylic acids is 1. The van der Waals surface area contributed by atoms with Crippen molar-refractivity contribution < 1.29 is 19.4 Å². The van der Waals surface area contributed by atoms with Crippen LogP contribution in [-0.2, 0) is 14.3 Å². The van der Waals surface area contributed by atoms with Crippen LogP contribution in [0.1, 0.15) is 12.0 Å². The summed E-state index contributed by atoms with van der Waals surface area (Å²) >= 11 is 6.02. The maximum Gasteiger partial charge on any atom is 0.305 e. The van der Waals surface area contributed by atoms with Gasteiger partial charge in [0.15, 0.2) is 0 Å². The SMILES string of the molecule is O=C(O)CC1COCCN1C(=O)/C=C/c1ccccc1Cl. The number of carbonyl (C=O) groups excluding carboxylic acids is 1. The predicted molar refractivity (Wildman–Crippen MR) is 79.1 cm³/mol. The molecule has 21 heavy (non-hydrogen) atoms. The van der Waals surface area contributed by atoms with Crippen molar-refractivity contribution in [3.8, 4) is 0 Å². The second-order valence-electron chi connectivity index (χ2n) is 4.71. The van der Waals surface area contributed by atoms with Gasteiger partial charge in [0.1, 0.15) is 0 Å². The Morgan fingerprint density at radius 3 is 2.90 bits per heavy atom. The summed E-state index contributed by atoms with van der Waals surface area (Å²) in [4.78, 5) is 24.6. The molecule has 6 heteroatoms. The Bertz CT molecular complexity index is 558.